The van der Waals surface area contributed by atoms with Crippen LogP contribution in [0, 0.1) is 0 Å². The third-order valence-corrected chi connectivity index (χ3v) is 2.93. The van der Waals surface area contributed by atoms with Gasteiger partial charge in [0.1, 0.15) is 5.69 Å². The van der Waals surface area contributed by atoms with Gasteiger partial charge >= 0.3 is 5.69 Å². The normalized spacial score (nSPS) is 9.95. The van der Waals surface area contributed by atoms with Gasteiger partial charge < -0.3 is 4.98 Å². The van der Waals surface area contributed by atoms with Gasteiger partial charge in [-0.05, 0) is 24.3 Å². The molecule has 8 nitrogen and oxygen atoms in total. The smallest absolute Gasteiger partial charge is 0.303 e. The number of rotatable bonds is 2. The summed E-state index contributed by atoms with van der Waals surface area (Å²) in [7, 11) is 0. The molecule has 1 aromatic carbocycles. The summed E-state index contributed by atoms with van der Waals surface area (Å²) in [6.45, 7) is 0. The van der Waals surface area contributed by atoms with E-state index in [1.54, 1.807) is 24.3 Å². The standard InChI is InChI=1S/C12H9BrN4O4/c13-7-3-1-6(2-4-7)10(19)16-17-11(20)8-5-9(18)15-12(21)14-8/h1-5H,(H,16,19)(H,17,20)(H2,14,15,18,21). The molecular weight excluding hydrogens is 344 g/mol. The van der Waals surface area contributed by atoms with Gasteiger partial charge in [-0.2, -0.15) is 0 Å². The second-order valence-corrected chi connectivity index (χ2v) is 4.83. The summed E-state index contributed by atoms with van der Waals surface area (Å²) in [5, 5.41) is 0. The largest absolute Gasteiger partial charge is 0.326 e. The van der Waals surface area contributed by atoms with Crippen LogP contribution in [0.4, 0.5) is 0 Å². The predicted molar refractivity (Wildman–Crippen MR) is 76.8 cm³/mol. The predicted octanol–water partition coefficient (Wildman–Crippen LogP) is -0.0995. The van der Waals surface area contributed by atoms with Crippen LogP contribution in [0.3, 0.4) is 0 Å². The van der Waals surface area contributed by atoms with Crippen LogP contribution in [-0.2, 0) is 0 Å². The molecule has 0 aliphatic heterocycles. The average Bonchev–Trinajstić information content (AvgIpc) is 2.44. The van der Waals surface area contributed by atoms with Crippen LogP contribution in [0.1, 0.15) is 20.8 Å². The zero-order valence-corrected chi connectivity index (χ0v) is 12.0. The molecule has 0 atom stereocenters. The molecule has 0 aliphatic rings. The van der Waals surface area contributed by atoms with E-state index >= 15 is 0 Å². The lowest BCUT2D eigenvalue weighted by Crippen LogP contribution is -2.43. The Labute approximate surface area is 125 Å². The molecule has 0 aliphatic carbocycles. The molecule has 9 heteroatoms. The van der Waals surface area contributed by atoms with Gasteiger partial charge in [-0.25, -0.2) is 4.79 Å². The van der Waals surface area contributed by atoms with Crippen LogP contribution in [0.25, 0.3) is 0 Å². The Morgan fingerprint density at radius 1 is 0.952 bits per heavy atom. The first-order chi connectivity index (χ1) is 9.95. The van der Waals surface area contributed by atoms with Crippen molar-refractivity contribution in [2.24, 2.45) is 0 Å². The van der Waals surface area contributed by atoms with E-state index in [4.69, 9.17) is 0 Å². The molecular formula is C12H9BrN4O4. The number of aromatic nitrogens is 2. The van der Waals surface area contributed by atoms with Crippen molar-refractivity contribution in [1.82, 2.24) is 20.8 Å². The topological polar surface area (TPSA) is 124 Å². The molecule has 108 valence electrons. The monoisotopic (exact) mass is 352 g/mol. The minimum absolute atomic E-state index is 0.264. The van der Waals surface area contributed by atoms with Gasteiger partial charge in [-0.1, -0.05) is 15.9 Å². The van der Waals surface area contributed by atoms with Gasteiger partial charge in [0.2, 0.25) is 0 Å². The number of H-pyrrole nitrogens is 2. The van der Waals surface area contributed by atoms with Gasteiger partial charge in [0, 0.05) is 16.1 Å². The highest BCUT2D eigenvalue weighted by Gasteiger charge is 2.10. The van der Waals surface area contributed by atoms with Crippen molar-refractivity contribution < 1.29 is 9.59 Å². The van der Waals surface area contributed by atoms with Crippen molar-refractivity contribution in [3.05, 3.63) is 66.9 Å². The van der Waals surface area contributed by atoms with Gasteiger partial charge in [0.15, 0.2) is 0 Å². The number of hydrazine groups is 1. The summed E-state index contributed by atoms with van der Waals surface area (Å²) in [5.74, 6) is -1.35. The Kier molecular flexibility index (Phi) is 4.33. The second kappa shape index (κ2) is 6.18. The molecule has 0 radical (unpaired) electrons. The van der Waals surface area contributed by atoms with E-state index in [-0.39, 0.29) is 5.69 Å². The highest BCUT2D eigenvalue weighted by atomic mass is 79.9. The number of benzene rings is 1. The number of halogens is 1. The van der Waals surface area contributed by atoms with Gasteiger partial charge in [0.25, 0.3) is 17.4 Å². The van der Waals surface area contributed by atoms with Crippen molar-refractivity contribution in [3.63, 3.8) is 0 Å². The third-order valence-electron chi connectivity index (χ3n) is 2.40. The van der Waals surface area contributed by atoms with Gasteiger partial charge in [0.05, 0.1) is 0 Å². The Balaban J connectivity index is 2.04. The van der Waals surface area contributed by atoms with Gasteiger partial charge in [-0.15, -0.1) is 0 Å². The van der Waals surface area contributed by atoms with E-state index in [0.717, 1.165) is 10.5 Å². The van der Waals surface area contributed by atoms with Crippen molar-refractivity contribution in [2.75, 3.05) is 0 Å². The Bertz CT molecular complexity index is 766. The SMILES string of the molecule is O=C(NNC(=O)c1cc(=O)[nH]c(=O)[nH]1)c1ccc(Br)cc1. The number of aromatic amines is 2. The zero-order valence-electron chi connectivity index (χ0n) is 10.4. The molecule has 21 heavy (non-hydrogen) atoms. The molecule has 0 spiro atoms. The number of carbonyl (C=O) groups excluding carboxylic acids is 2. The number of hydrogen-bond acceptors (Lipinski definition) is 4. The Morgan fingerprint density at radius 2 is 1.57 bits per heavy atom. The molecule has 2 aromatic rings. The molecule has 0 saturated carbocycles. The molecule has 0 unspecified atom stereocenters. The lowest BCUT2D eigenvalue weighted by atomic mass is 10.2. The van der Waals surface area contributed by atoms with Crippen LogP contribution < -0.4 is 22.1 Å². The number of carbonyl (C=O) groups is 2. The minimum atomic E-state index is -0.816. The van der Waals surface area contributed by atoms with Crippen LogP contribution in [0.2, 0.25) is 0 Å². The zero-order chi connectivity index (χ0) is 15.4. The summed E-state index contributed by atoms with van der Waals surface area (Å²) in [4.78, 5) is 49.6. The lowest BCUT2D eigenvalue weighted by molar-refractivity contribution is 0.0843. The quantitative estimate of drug-likeness (QED) is 0.563. The van der Waals surface area contributed by atoms with E-state index in [1.807, 2.05) is 4.98 Å². The molecule has 4 N–H and O–H groups in total. The van der Waals surface area contributed by atoms with Crippen LogP contribution in [0.15, 0.2) is 44.4 Å². The third kappa shape index (κ3) is 3.89. The average molecular weight is 353 g/mol. The maximum Gasteiger partial charge on any atom is 0.326 e. The number of nitrogens with one attached hydrogen (secondary N) is 4. The fraction of sp³-hybridized carbons (Fsp3) is 0. The number of hydrogen-bond donors (Lipinski definition) is 4. The molecule has 1 aromatic heterocycles. The Morgan fingerprint density at radius 3 is 2.19 bits per heavy atom. The molecule has 0 fully saturated rings. The molecule has 2 rings (SSSR count). The van der Waals surface area contributed by atoms with Gasteiger partial charge in [-0.3, -0.25) is 30.2 Å². The van der Waals surface area contributed by atoms with E-state index in [9.17, 15) is 19.2 Å². The summed E-state index contributed by atoms with van der Waals surface area (Å²) >= 11 is 3.23. The maximum absolute atomic E-state index is 11.7. The fourth-order valence-electron chi connectivity index (χ4n) is 1.45. The van der Waals surface area contributed by atoms with Crippen LogP contribution >= 0.6 is 15.9 Å². The summed E-state index contributed by atoms with van der Waals surface area (Å²) < 4.78 is 0.809. The summed E-state index contributed by atoms with van der Waals surface area (Å²) in [5.41, 5.74) is 2.80. The highest BCUT2D eigenvalue weighted by Crippen LogP contribution is 2.10. The summed E-state index contributed by atoms with van der Waals surface area (Å²) in [6.07, 6.45) is 0. The van der Waals surface area contributed by atoms with E-state index in [0.29, 0.717) is 5.56 Å². The van der Waals surface area contributed by atoms with Crippen LogP contribution in [0.5, 0.6) is 0 Å². The Hall–Kier alpha value is -2.68. The molecule has 1 heterocycles. The van der Waals surface area contributed by atoms with E-state index in [2.05, 4.69) is 31.8 Å². The lowest BCUT2D eigenvalue weighted by Gasteiger charge is -2.07. The first-order valence-electron chi connectivity index (χ1n) is 5.65. The molecule has 0 bridgehead atoms. The van der Waals surface area contributed by atoms with Crippen molar-refractivity contribution >= 4 is 27.7 Å². The molecule has 2 amide bonds. The second-order valence-electron chi connectivity index (χ2n) is 3.92. The molecule has 0 saturated heterocycles. The van der Waals surface area contributed by atoms with E-state index in [1.165, 1.54) is 0 Å². The van der Waals surface area contributed by atoms with Crippen molar-refractivity contribution in [1.29, 1.82) is 0 Å². The summed E-state index contributed by atoms with van der Waals surface area (Å²) in [6, 6.07) is 7.36. The number of amides is 2. The maximum atomic E-state index is 11.7. The van der Waals surface area contributed by atoms with Crippen molar-refractivity contribution in [3.8, 4) is 0 Å². The highest BCUT2D eigenvalue weighted by molar-refractivity contribution is 9.10. The van der Waals surface area contributed by atoms with E-state index < -0.39 is 23.1 Å². The first-order valence-corrected chi connectivity index (χ1v) is 6.45. The fourth-order valence-corrected chi connectivity index (χ4v) is 1.71. The first kappa shape index (κ1) is 14.7. The van der Waals surface area contributed by atoms with Crippen LogP contribution in [-0.4, -0.2) is 21.8 Å². The van der Waals surface area contributed by atoms with Crippen molar-refractivity contribution in [2.45, 2.75) is 0 Å². The minimum Gasteiger partial charge on any atom is -0.303 e.